The van der Waals surface area contributed by atoms with Crippen molar-refractivity contribution < 1.29 is 0 Å². The molecule has 0 aliphatic carbocycles. The van der Waals surface area contributed by atoms with Gasteiger partial charge in [-0.25, -0.2) is 9.97 Å². The summed E-state index contributed by atoms with van der Waals surface area (Å²) in [5.41, 5.74) is 3.68. The number of unbranched alkanes of at least 4 members (excludes halogenated alkanes) is 1. The molecule has 1 saturated heterocycles. The Hall–Kier alpha value is -1.74. The van der Waals surface area contributed by atoms with E-state index in [2.05, 4.69) is 48.0 Å². The van der Waals surface area contributed by atoms with Gasteiger partial charge in [-0.05, 0) is 50.8 Å². The SMILES string of the molecule is CCCCc1ccnc(-c2ccccc2CN2CCCC2C)n1. The van der Waals surface area contributed by atoms with Crippen LogP contribution in [0.25, 0.3) is 11.4 Å². The zero-order chi connectivity index (χ0) is 16.1. The molecule has 1 aliphatic rings. The molecule has 2 heterocycles. The van der Waals surface area contributed by atoms with Crippen LogP contribution >= 0.6 is 0 Å². The van der Waals surface area contributed by atoms with Gasteiger partial charge in [-0.2, -0.15) is 0 Å². The lowest BCUT2D eigenvalue weighted by molar-refractivity contribution is 0.260. The van der Waals surface area contributed by atoms with E-state index in [0.717, 1.165) is 24.5 Å². The maximum Gasteiger partial charge on any atom is 0.159 e. The number of aromatic nitrogens is 2. The van der Waals surface area contributed by atoms with Gasteiger partial charge in [0.05, 0.1) is 0 Å². The molecule has 1 aromatic carbocycles. The van der Waals surface area contributed by atoms with Crippen LogP contribution in [0.4, 0.5) is 0 Å². The molecule has 0 saturated carbocycles. The van der Waals surface area contributed by atoms with E-state index < -0.39 is 0 Å². The summed E-state index contributed by atoms with van der Waals surface area (Å²) in [6.45, 7) is 6.75. The monoisotopic (exact) mass is 309 g/mol. The van der Waals surface area contributed by atoms with Gasteiger partial charge >= 0.3 is 0 Å². The smallest absolute Gasteiger partial charge is 0.159 e. The minimum Gasteiger partial charge on any atom is -0.296 e. The minimum absolute atomic E-state index is 0.680. The molecule has 1 aliphatic heterocycles. The molecule has 1 aromatic heterocycles. The van der Waals surface area contributed by atoms with E-state index in [0.29, 0.717) is 6.04 Å². The van der Waals surface area contributed by atoms with E-state index in [1.165, 1.54) is 43.4 Å². The number of hydrogen-bond acceptors (Lipinski definition) is 3. The van der Waals surface area contributed by atoms with Crippen molar-refractivity contribution in [1.29, 1.82) is 0 Å². The molecule has 2 aromatic rings. The van der Waals surface area contributed by atoms with Crippen LogP contribution in [0, 0.1) is 0 Å². The summed E-state index contributed by atoms with van der Waals surface area (Å²) in [4.78, 5) is 11.9. The average molecular weight is 309 g/mol. The molecule has 1 atom stereocenters. The summed E-state index contributed by atoms with van der Waals surface area (Å²) in [5, 5.41) is 0. The molecule has 3 rings (SSSR count). The highest BCUT2D eigenvalue weighted by Crippen LogP contribution is 2.25. The van der Waals surface area contributed by atoms with Gasteiger partial charge in [0.2, 0.25) is 0 Å². The van der Waals surface area contributed by atoms with E-state index in [4.69, 9.17) is 4.98 Å². The van der Waals surface area contributed by atoms with Gasteiger partial charge in [-0.3, -0.25) is 4.90 Å². The van der Waals surface area contributed by atoms with Crippen molar-refractivity contribution in [2.24, 2.45) is 0 Å². The second-order valence-corrected chi connectivity index (χ2v) is 6.59. The molecule has 3 heteroatoms. The number of rotatable bonds is 6. The number of nitrogens with zero attached hydrogens (tertiary/aromatic N) is 3. The van der Waals surface area contributed by atoms with Crippen molar-refractivity contribution in [3.8, 4) is 11.4 Å². The molecule has 1 unspecified atom stereocenters. The molecule has 0 amide bonds. The van der Waals surface area contributed by atoms with Crippen LogP contribution in [-0.2, 0) is 13.0 Å². The van der Waals surface area contributed by atoms with E-state index in [1.807, 2.05) is 12.3 Å². The van der Waals surface area contributed by atoms with Crippen LogP contribution in [-0.4, -0.2) is 27.5 Å². The fourth-order valence-electron chi connectivity index (χ4n) is 3.35. The Kier molecular flexibility index (Phi) is 5.39. The first kappa shape index (κ1) is 16.1. The zero-order valence-electron chi connectivity index (χ0n) is 14.3. The van der Waals surface area contributed by atoms with Crippen molar-refractivity contribution in [1.82, 2.24) is 14.9 Å². The molecular formula is C20H27N3. The number of benzene rings is 1. The van der Waals surface area contributed by atoms with Gasteiger partial charge < -0.3 is 0 Å². The number of aryl methyl sites for hydroxylation is 1. The minimum atomic E-state index is 0.680. The van der Waals surface area contributed by atoms with Gasteiger partial charge in [0.1, 0.15) is 0 Å². The average Bonchev–Trinajstić information content (AvgIpc) is 2.99. The van der Waals surface area contributed by atoms with Crippen molar-refractivity contribution >= 4 is 0 Å². The summed E-state index contributed by atoms with van der Waals surface area (Å²) in [6, 6.07) is 11.3. The highest BCUT2D eigenvalue weighted by Gasteiger charge is 2.21. The molecule has 1 fully saturated rings. The predicted molar refractivity (Wildman–Crippen MR) is 95.2 cm³/mol. The molecule has 3 nitrogen and oxygen atoms in total. The maximum atomic E-state index is 4.81. The first-order valence-corrected chi connectivity index (χ1v) is 8.92. The molecule has 122 valence electrons. The van der Waals surface area contributed by atoms with Crippen LogP contribution in [0.1, 0.15) is 50.8 Å². The van der Waals surface area contributed by atoms with Gasteiger partial charge in [-0.15, -0.1) is 0 Å². The van der Waals surface area contributed by atoms with E-state index >= 15 is 0 Å². The predicted octanol–water partition coefficient (Wildman–Crippen LogP) is 4.47. The second-order valence-electron chi connectivity index (χ2n) is 6.59. The third-order valence-electron chi connectivity index (χ3n) is 4.82. The Morgan fingerprint density at radius 3 is 2.87 bits per heavy atom. The van der Waals surface area contributed by atoms with Crippen LogP contribution in [0.15, 0.2) is 36.5 Å². The third-order valence-corrected chi connectivity index (χ3v) is 4.82. The lowest BCUT2D eigenvalue weighted by Gasteiger charge is -2.22. The molecule has 0 N–H and O–H groups in total. The quantitative estimate of drug-likeness (QED) is 0.788. The van der Waals surface area contributed by atoms with E-state index in [1.54, 1.807) is 0 Å². The topological polar surface area (TPSA) is 29.0 Å². The third kappa shape index (κ3) is 3.97. The Bertz CT molecular complexity index is 638. The van der Waals surface area contributed by atoms with Crippen LogP contribution in [0.2, 0.25) is 0 Å². The van der Waals surface area contributed by atoms with Crippen molar-refractivity contribution in [2.45, 2.75) is 58.5 Å². The summed E-state index contributed by atoms with van der Waals surface area (Å²) < 4.78 is 0. The highest BCUT2D eigenvalue weighted by molar-refractivity contribution is 5.60. The van der Waals surface area contributed by atoms with E-state index in [-0.39, 0.29) is 0 Å². The number of likely N-dealkylation sites (tertiary alicyclic amines) is 1. The van der Waals surface area contributed by atoms with Crippen molar-refractivity contribution in [3.05, 3.63) is 47.8 Å². The summed E-state index contributed by atoms with van der Waals surface area (Å²) >= 11 is 0. The fourth-order valence-corrected chi connectivity index (χ4v) is 3.35. The van der Waals surface area contributed by atoms with Crippen molar-refractivity contribution in [3.63, 3.8) is 0 Å². The number of hydrogen-bond donors (Lipinski definition) is 0. The lowest BCUT2D eigenvalue weighted by atomic mass is 10.1. The molecule has 23 heavy (non-hydrogen) atoms. The Morgan fingerprint density at radius 1 is 1.22 bits per heavy atom. The standard InChI is InChI=1S/C20H27N3/c1-3-4-10-18-12-13-21-20(22-18)19-11-6-5-9-17(19)15-23-14-7-8-16(23)2/h5-6,9,11-13,16H,3-4,7-8,10,14-15H2,1-2H3. The van der Waals surface area contributed by atoms with Crippen LogP contribution in [0.5, 0.6) is 0 Å². The van der Waals surface area contributed by atoms with Gasteiger partial charge in [-0.1, -0.05) is 37.6 Å². The summed E-state index contributed by atoms with van der Waals surface area (Å²) in [5.74, 6) is 0.876. The molecular weight excluding hydrogens is 282 g/mol. The second kappa shape index (κ2) is 7.69. The fraction of sp³-hybridized carbons (Fsp3) is 0.500. The van der Waals surface area contributed by atoms with Crippen LogP contribution in [0.3, 0.4) is 0 Å². The van der Waals surface area contributed by atoms with Gasteiger partial charge in [0.15, 0.2) is 5.82 Å². The first-order valence-electron chi connectivity index (χ1n) is 8.92. The molecule has 0 radical (unpaired) electrons. The largest absolute Gasteiger partial charge is 0.296 e. The highest BCUT2D eigenvalue weighted by atomic mass is 15.2. The van der Waals surface area contributed by atoms with Crippen molar-refractivity contribution in [2.75, 3.05) is 6.54 Å². The Labute approximate surface area is 139 Å². The molecule has 0 spiro atoms. The Balaban J connectivity index is 1.85. The lowest BCUT2D eigenvalue weighted by Crippen LogP contribution is -2.26. The van der Waals surface area contributed by atoms with Crippen LogP contribution < -0.4 is 0 Å². The van der Waals surface area contributed by atoms with Gasteiger partial charge in [0, 0.05) is 30.0 Å². The normalized spacial score (nSPS) is 18.4. The Morgan fingerprint density at radius 2 is 2.09 bits per heavy atom. The van der Waals surface area contributed by atoms with E-state index in [9.17, 15) is 0 Å². The van der Waals surface area contributed by atoms with Gasteiger partial charge in [0.25, 0.3) is 0 Å². The summed E-state index contributed by atoms with van der Waals surface area (Å²) in [7, 11) is 0. The summed E-state index contributed by atoms with van der Waals surface area (Å²) in [6.07, 6.45) is 7.95. The first-order chi connectivity index (χ1) is 11.3. The maximum absolute atomic E-state index is 4.81. The zero-order valence-corrected chi connectivity index (χ0v) is 14.3. The molecule has 0 bridgehead atoms.